The quantitative estimate of drug-likeness (QED) is 0.657. The van der Waals surface area contributed by atoms with Crippen LogP contribution in [0, 0.1) is 0 Å². The van der Waals surface area contributed by atoms with Crippen LogP contribution >= 0.6 is 22.7 Å². The van der Waals surface area contributed by atoms with Crippen molar-refractivity contribution in [3.63, 3.8) is 0 Å². The van der Waals surface area contributed by atoms with Crippen LogP contribution in [0.2, 0.25) is 0 Å². The summed E-state index contributed by atoms with van der Waals surface area (Å²) in [5.41, 5.74) is 0.981. The second-order valence-corrected chi connectivity index (χ2v) is 10.5. The molecule has 7 heteroatoms. The number of rotatable bonds is 6. The first-order chi connectivity index (χ1) is 12.8. The van der Waals surface area contributed by atoms with E-state index >= 15 is 0 Å². The van der Waals surface area contributed by atoms with Crippen LogP contribution in [0.15, 0.2) is 17.5 Å². The molecule has 0 atom stereocenters. The number of piperazine rings is 1. The number of thiophene rings is 1. The number of aryl methyl sites for hydroxylation is 1. The summed E-state index contributed by atoms with van der Waals surface area (Å²) in [7, 11) is 0. The van der Waals surface area contributed by atoms with Gasteiger partial charge < -0.3 is 15.1 Å². The molecule has 3 heterocycles. The molecule has 0 radical (unpaired) electrons. The first-order valence-electron chi connectivity index (χ1n) is 9.84. The van der Waals surface area contributed by atoms with E-state index in [0.717, 1.165) is 44.8 Å². The molecule has 0 unspecified atom stereocenters. The minimum absolute atomic E-state index is 0.146. The zero-order chi connectivity index (χ0) is 19.4. The molecular weight excluding hydrogens is 376 g/mol. The second kappa shape index (κ2) is 8.82. The maximum absolute atomic E-state index is 12.1. The summed E-state index contributed by atoms with van der Waals surface area (Å²) in [5, 5.41) is 6.48. The molecule has 1 amide bonds. The molecule has 1 aliphatic heterocycles. The predicted molar refractivity (Wildman–Crippen MR) is 113 cm³/mol. The van der Waals surface area contributed by atoms with Crippen molar-refractivity contribution in [3.05, 3.63) is 27.4 Å². The van der Waals surface area contributed by atoms with Gasteiger partial charge in [0.1, 0.15) is 37.7 Å². The third-order valence-electron chi connectivity index (χ3n) is 4.80. The summed E-state index contributed by atoms with van der Waals surface area (Å²) >= 11 is 3.63. The highest BCUT2D eigenvalue weighted by molar-refractivity contribution is 7.16. The molecule has 0 bridgehead atoms. The van der Waals surface area contributed by atoms with E-state index in [9.17, 15) is 4.79 Å². The average Bonchev–Trinajstić information content (AvgIpc) is 3.23. The van der Waals surface area contributed by atoms with Gasteiger partial charge in [0.25, 0.3) is 5.91 Å². The van der Waals surface area contributed by atoms with Gasteiger partial charge in [0.15, 0.2) is 6.54 Å². The van der Waals surface area contributed by atoms with E-state index in [1.165, 1.54) is 19.7 Å². The normalized spacial score (nSPS) is 20.6. The van der Waals surface area contributed by atoms with Crippen LogP contribution in [0.4, 0.5) is 0 Å². The number of carbonyl (C=O) groups excluding carboxylic acids is 1. The molecule has 1 fully saturated rings. The SMILES string of the molecule is CCc1ccc(-c2csc(C[NH+]3CC[NH+](CC(=O)NC(C)(C)C)CC3)n2)s1. The van der Waals surface area contributed by atoms with Gasteiger partial charge in [0, 0.05) is 15.8 Å². The summed E-state index contributed by atoms with van der Waals surface area (Å²) in [6, 6.07) is 4.40. The van der Waals surface area contributed by atoms with Gasteiger partial charge in [0.05, 0.1) is 10.6 Å². The highest BCUT2D eigenvalue weighted by Gasteiger charge is 2.26. The monoisotopic (exact) mass is 408 g/mol. The van der Waals surface area contributed by atoms with Gasteiger partial charge in [-0.15, -0.1) is 22.7 Å². The van der Waals surface area contributed by atoms with E-state index in [1.807, 2.05) is 32.1 Å². The van der Waals surface area contributed by atoms with Gasteiger partial charge in [-0.2, -0.15) is 0 Å². The highest BCUT2D eigenvalue weighted by Crippen LogP contribution is 2.29. The minimum Gasteiger partial charge on any atom is -0.347 e. The largest absolute Gasteiger partial charge is 0.347 e. The minimum atomic E-state index is -0.146. The number of hydrogen-bond donors (Lipinski definition) is 3. The van der Waals surface area contributed by atoms with Crippen LogP contribution in [0.25, 0.3) is 10.6 Å². The Morgan fingerprint density at radius 3 is 2.52 bits per heavy atom. The molecule has 148 valence electrons. The number of quaternary nitrogens is 2. The molecule has 0 spiro atoms. The number of nitrogens with zero attached hydrogens (tertiary/aromatic N) is 1. The van der Waals surface area contributed by atoms with Gasteiger partial charge in [-0.25, -0.2) is 4.98 Å². The molecule has 1 aliphatic rings. The van der Waals surface area contributed by atoms with Crippen LogP contribution in [0.5, 0.6) is 0 Å². The van der Waals surface area contributed by atoms with Crippen molar-refractivity contribution >= 4 is 28.6 Å². The fraction of sp³-hybridized carbons (Fsp3) is 0.600. The Balaban J connectivity index is 1.46. The zero-order valence-electron chi connectivity index (χ0n) is 16.9. The van der Waals surface area contributed by atoms with Crippen LogP contribution < -0.4 is 15.1 Å². The van der Waals surface area contributed by atoms with Crippen molar-refractivity contribution in [3.8, 4) is 10.6 Å². The number of hydrogen-bond acceptors (Lipinski definition) is 4. The zero-order valence-corrected chi connectivity index (χ0v) is 18.5. The Labute approximate surface area is 170 Å². The average molecular weight is 409 g/mol. The first kappa shape index (κ1) is 20.5. The molecule has 0 aromatic carbocycles. The lowest BCUT2D eigenvalue weighted by Gasteiger charge is -2.29. The molecule has 0 aliphatic carbocycles. The fourth-order valence-electron chi connectivity index (χ4n) is 3.42. The molecular formula is C20H32N4OS2+2. The number of thiazole rings is 1. The van der Waals surface area contributed by atoms with Crippen molar-refractivity contribution in [2.75, 3.05) is 32.7 Å². The number of nitrogens with one attached hydrogen (secondary N) is 3. The van der Waals surface area contributed by atoms with Gasteiger partial charge in [0.2, 0.25) is 0 Å². The van der Waals surface area contributed by atoms with Gasteiger partial charge >= 0.3 is 0 Å². The molecule has 0 saturated carbocycles. The van der Waals surface area contributed by atoms with Crippen LogP contribution in [0.3, 0.4) is 0 Å². The summed E-state index contributed by atoms with van der Waals surface area (Å²) < 4.78 is 0. The van der Waals surface area contributed by atoms with Crippen molar-refractivity contribution in [2.45, 2.75) is 46.2 Å². The van der Waals surface area contributed by atoms with E-state index in [1.54, 1.807) is 16.2 Å². The Morgan fingerprint density at radius 2 is 1.89 bits per heavy atom. The Morgan fingerprint density at radius 1 is 1.19 bits per heavy atom. The number of aromatic nitrogens is 1. The van der Waals surface area contributed by atoms with Crippen molar-refractivity contribution in [1.29, 1.82) is 0 Å². The smallest absolute Gasteiger partial charge is 0.275 e. The maximum Gasteiger partial charge on any atom is 0.275 e. The standard InChI is InChI=1S/C20H30N4OS2/c1-5-15-6-7-17(27-15)16-14-26-19(21-16)13-24-10-8-23(9-11-24)12-18(25)22-20(2,3)4/h6-7,14H,5,8-13H2,1-4H3,(H,22,25)/p+2. The Bertz CT molecular complexity index is 754. The number of carbonyl (C=O) groups is 1. The van der Waals surface area contributed by atoms with Crippen LogP contribution in [-0.4, -0.2) is 49.2 Å². The molecule has 3 N–H and O–H groups in total. The molecule has 2 aromatic heterocycles. The topological polar surface area (TPSA) is 50.9 Å². The fourth-order valence-corrected chi connectivity index (χ4v) is 5.27. The van der Waals surface area contributed by atoms with Crippen LogP contribution in [-0.2, 0) is 17.8 Å². The molecule has 3 rings (SSSR count). The van der Waals surface area contributed by atoms with E-state index in [2.05, 4.69) is 29.8 Å². The summed E-state index contributed by atoms with van der Waals surface area (Å²) in [6.45, 7) is 14.2. The van der Waals surface area contributed by atoms with Gasteiger partial charge in [-0.05, 0) is 39.3 Å². The number of amides is 1. The van der Waals surface area contributed by atoms with Crippen molar-refractivity contribution in [1.82, 2.24) is 10.3 Å². The van der Waals surface area contributed by atoms with E-state index in [-0.39, 0.29) is 11.4 Å². The van der Waals surface area contributed by atoms with Gasteiger partial charge in [-0.3, -0.25) is 4.79 Å². The lowest BCUT2D eigenvalue weighted by atomic mass is 10.1. The van der Waals surface area contributed by atoms with Crippen LogP contribution in [0.1, 0.15) is 37.6 Å². The molecule has 2 aromatic rings. The first-order valence-corrected chi connectivity index (χ1v) is 11.5. The third kappa shape index (κ3) is 6.10. The summed E-state index contributed by atoms with van der Waals surface area (Å²) in [5.74, 6) is 0.160. The van der Waals surface area contributed by atoms with Crippen molar-refractivity contribution < 1.29 is 14.6 Å². The molecule has 1 saturated heterocycles. The predicted octanol–water partition coefficient (Wildman–Crippen LogP) is 0.632. The lowest BCUT2D eigenvalue weighted by Crippen LogP contribution is -3.28. The van der Waals surface area contributed by atoms with E-state index in [4.69, 9.17) is 4.98 Å². The van der Waals surface area contributed by atoms with Crippen molar-refractivity contribution in [2.24, 2.45) is 0 Å². The van der Waals surface area contributed by atoms with E-state index in [0.29, 0.717) is 6.54 Å². The maximum atomic E-state index is 12.1. The summed E-state index contributed by atoms with van der Waals surface area (Å²) in [6.07, 6.45) is 1.09. The van der Waals surface area contributed by atoms with Gasteiger partial charge in [-0.1, -0.05) is 6.92 Å². The highest BCUT2D eigenvalue weighted by atomic mass is 32.1. The molecule has 27 heavy (non-hydrogen) atoms. The second-order valence-electron chi connectivity index (χ2n) is 8.40. The lowest BCUT2D eigenvalue weighted by molar-refractivity contribution is -1.02. The third-order valence-corrected chi connectivity index (χ3v) is 6.91. The molecule has 5 nitrogen and oxygen atoms in total. The van der Waals surface area contributed by atoms with E-state index < -0.39 is 0 Å². The Hall–Kier alpha value is -1.28. The Kier molecular flexibility index (Phi) is 6.68. The summed E-state index contributed by atoms with van der Waals surface area (Å²) in [4.78, 5) is 22.7.